The molecule has 2 heterocycles. The van der Waals surface area contributed by atoms with Crippen molar-refractivity contribution in [2.24, 2.45) is 5.92 Å². The summed E-state index contributed by atoms with van der Waals surface area (Å²) in [5.41, 5.74) is 1.41. The van der Waals surface area contributed by atoms with Crippen molar-refractivity contribution in [3.05, 3.63) is 52.8 Å². The van der Waals surface area contributed by atoms with E-state index >= 15 is 0 Å². The van der Waals surface area contributed by atoms with Crippen LogP contribution in [-0.2, 0) is 24.3 Å². The van der Waals surface area contributed by atoms with E-state index < -0.39 is 39.8 Å². The number of ketones is 1. The Balaban J connectivity index is 1.61. The van der Waals surface area contributed by atoms with E-state index in [1.54, 1.807) is 44.2 Å². The predicted octanol–water partition coefficient (Wildman–Crippen LogP) is 2.63. The highest BCUT2D eigenvalue weighted by Crippen LogP contribution is 2.26. The Kier molecular flexibility index (Phi) is 7.38. The van der Waals surface area contributed by atoms with Gasteiger partial charge in [0.2, 0.25) is 15.8 Å². The number of nitrogens with one attached hydrogen (secondary N) is 1. The molecule has 0 radical (unpaired) electrons. The van der Waals surface area contributed by atoms with E-state index in [9.17, 15) is 22.8 Å². The summed E-state index contributed by atoms with van der Waals surface area (Å²) in [6.07, 6.45) is -0.455. The Hall–Kier alpha value is -2.98. The molecular weight excluding hydrogens is 448 g/mol. The van der Waals surface area contributed by atoms with Crippen LogP contribution >= 0.6 is 0 Å². The summed E-state index contributed by atoms with van der Waals surface area (Å²) < 4.78 is 37.0. The van der Waals surface area contributed by atoms with Gasteiger partial charge in [-0.25, -0.2) is 13.2 Å². The van der Waals surface area contributed by atoms with Crippen LogP contribution < -0.4 is 0 Å². The van der Waals surface area contributed by atoms with E-state index in [0.717, 1.165) is 0 Å². The van der Waals surface area contributed by atoms with Crippen LogP contribution in [0, 0.1) is 19.8 Å². The van der Waals surface area contributed by atoms with Crippen molar-refractivity contribution >= 4 is 27.7 Å². The molecule has 0 bridgehead atoms. The predicted molar refractivity (Wildman–Crippen MR) is 119 cm³/mol. The van der Waals surface area contributed by atoms with Gasteiger partial charge in [0, 0.05) is 18.8 Å². The number of rotatable bonds is 7. The first-order chi connectivity index (χ1) is 15.6. The maximum absolute atomic E-state index is 12.9. The minimum atomic E-state index is -3.61. The fraction of sp³-hybridized carbons (Fsp3) is 0.435. The lowest BCUT2D eigenvalue weighted by molar-refractivity contribution is -0.152. The number of hydrogen-bond donors (Lipinski definition) is 1. The van der Waals surface area contributed by atoms with Gasteiger partial charge in [0.05, 0.1) is 29.2 Å². The molecule has 1 aromatic carbocycles. The molecule has 1 N–H and O–H groups in total. The lowest BCUT2D eigenvalue weighted by Crippen LogP contribution is -2.41. The number of piperidine rings is 1. The Morgan fingerprint density at radius 2 is 1.70 bits per heavy atom. The molecule has 178 valence electrons. The van der Waals surface area contributed by atoms with Crippen LogP contribution in [0.2, 0.25) is 0 Å². The van der Waals surface area contributed by atoms with Crippen LogP contribution in [-0.4, -0.2) is 61.7 Å². The van der Waals surface area contributed by atoms with Gasteiger partial charge in [0.15, 0.2) is 6.10 Å². The number of aromatic nitrogens is 1. The highest BCUT2D eigenvalue weighted by Gasteiger charge is 2.34. The zero-order valence-corrected chi connectivity index (χ0v) is 19.9. The van der Waals surface area contributed by atoms with Gasteiger partial charge in [-0.1, -0.05) is 18.2 Å². The maximum atomic E-state index is 12.9. The van der Waals surface area contributed by atoms with Crippen LogP contribution in [0.5, 0.6) is 0 Å². The summed E-state index contributed by atoms with van der Waals surface area (Å²) in [5.74, 6) is -2.05. The first-order valence-corrected chi connectivity index (χ1v) is 12.1. The Labute approximate surface area is 193 Å². The number of H-pyrrole nitrogens is 1. The fourth-order valence-electron chi connectivity index (χ4n) is 4.01. The van der Waals surface area contributed by atoms with E-state index in [4.69, 9.17) is 9.47 Å². The van der Waals surface area contributed by atoms with Crippen molar-refractivity contribution in [2.75, 3.05) is 20.2 Å². The Morgan fingerprint density at radius 1 is 1.09 bits per heavy atom. The molecule has 1 aliphatic rings. The average molecular weight is 477 g/mol. The van der Waals surface area contributed by atoms with Crippen molar-refractivity contribution in [2.45, 2.75) is 44.6 Å². The van der Waals surface area contributed by atoms with Gasteiger partial charge in [-0.15, -0.1) is 0 Å². The third-order valence-corrected chi connectivity index (χ3v) is 7.82. The summed E-state index contributed by atoms with van der Waals surface area (Å²) in [7, 11) is -2.35. The zero-order chi connectivity index (χ0) is 24.3. The minimum Gasteiger partial charge on any atom is -0.465 e. The molecule has 0 amide bonds. The number of aryl methyl sites for hydroxylation is 1. The van der Waals surface area contributed by atoms with Gasteiger partial charge in [-0.3, -0.25) is 9.59 Å². The molecule has 3 rings (SSSR count). The first-order valence-electron chi connectivity index (χ1n) is 10.6. The molecule has 1 saturated heterocycles. The highest BCUT2D eigenvalue weighted by atomic mass is 32.2. The van der Waals surface area contributed by atoms with Gasteiger partial charge in [0.25, 0.3) is 0 Å². The van der Waals surface area contributed by atoms with E-state index in [0.29, 0.717) is 24.1 Å². The van der Waals surface area contributed by atoms with Crippen molar-refractivity contribution in [3.63, 3.8) is 0 Å². The van der Waals surface area contributed by atoms with E-state index in [-0.39, 0.29) is 29.2 Å². The fourth-order valence-corrected chi connectivity index (χ4v) is 5.50. The molecule has 0 spiro atoms. The standard InChI is InChI=1S/C23H28N2O7S/c1-14-19(23(28)31-4)15(2)24-20(14)21(26)16(3)32-22(27)17-10-12-25(13-11-17)33(29,30)18-8-6-5-7-9-18/h5-9,16-17,24H,10-13H2,1-4H3/t16-/m0/s1. The molecule has 0 unspecified atom stereocenters. The summed E-state index contributed by atoms with van der Waals surface area (Å²) in [4.78, 5) is 40.6. The van der Waals surface area contributed by atoms with Crippen LogP contribution in [0.4, 0.5) is 0 Å². The van der Waals surface area contributed by atoms with Crippen LogP contribution in [0.1, 0.15) is 51.9 Å². The van der Waals surface area contributed by atoms with Gasteiger partial charge < -0.3 is 14.5 Å². The van der Waals surface area contributed by atoms with Crippen molar-refractivity contribution < 1.29 is 32.3 Å². The lowest BCUT2D eigenvalue weighted by Gasteiger charge is -2.30. The van der Waals surface area contributed by atoms with Crippen molar-refractivity contribution in [3.8, 4) is 0 Å². The number of hydrogen-bond acceptors (Lipinski definition) is 7. The molecule has 33 heavy (non-hydrogen) atoms. The SMILES string of the molecule is COC(=O)c1c(C)[nH]c(C(=O)[C@H](C)OC(=O)C2CCN(S(=O)(=O)c3ccccc3)CC2)c1C. The number of benzene rings is 1. The summed E-state index contributed by atoms with van der Waals surface area (Å²) >= 11 is 0. The molecule has 10 heteroatoms. The average Bonchev–Trinajstić information content (AvgIpc) is 3.12. The van der Waals surface area contributed by atoms with Gasteiger partial charge in [-0.05, 0) is 51.3 Å². The topological polar surface area (TPSA) is 123 Å². The number of sulfonamides is 1. The second kappa shape index (κ2) is 9.88. The summed E-state index contributed by atoms with van der Waals surface area (Å²) in [6, 6.07) is 8.15. The Morgan fingerprint density at radius 3 is 2.27 bits per heavy atom. The zero-order valence-electron chi connectivity index (χ0n) is 19.1. The quantitative estimate of drug-likeness (QED) is 0.481. The minimum absolute atomic E-state index is 0.191. The highest BCUT2D eigenvalue weighted by molar-refractivity contribution is 7.89. The number of methoxy groups -OCH3 is 1. The van der Waals surface area contributed by atoms with E-state index in [2.05, 4.69) is 4.98 Å². The van der Waals surface area contributed by atoms with Gasteiger partial charge in [0.1, 0.15) is 0 Å². The van der Waals surface area contributed by atoms with Crippen LogP contribution in [0.15, 0.2) is 35.2 Å². The Bertz CT molecular complexity index is 1150. The normalized spacial score (nSPS) is 16.2. The van der Waals surface area contributed by atoms with Crippen molar-refractivity contribution in [1.82, 2.24) is 9.29 Å². The van der Waals surface area contributed by atoms with E-state index in [1.807, 2.05) is 0 Å². The number of esters is 2. The number of ether oxygens (including phenoxy) is 2. The molecular formula is C23H28N2O7S. The van der Waals surface area contributed by atoms with Gasteiger partial charge >= 0.3 is 11.9 Å². The first kappa shape index (κ1) is 24.7. The molecule has 1 atom stereocenters. The number of nitrogens with zero attached hydrogens (tertiary/aromatic N) is 1. The van der Waals surface area contributed by atoms with Crippen LogP contribution in [0.3, 0.4) is 0 Å². The van der Waals surface area contributed by atoms with Crippen LogP contribution in [0.25, 0.3) is 0 Å². The monoisotopic (exact) mass is 476 g/mol. The molecule has 9 nitrogen and oxygen atoms in total. The molecule has 1 aromatic heterocycles. The van der Waals surface area contributed by atoms with Gasteiger partial charge in [-0.2, -0.15) is 4.31 Å². The maximum Gasteiger partial charge on any atom is 0.339 e. The number of Topliss-reactive ketones (excluding diaryl/α,β-unsaturated/α-hetero) is 1. The number of carbonyl (C=O) groups is 3. The molecule has 0 aliphatic carbocycles. The smallest absolute Gasteiger partial charge is 0.339 e. The molecule has 0 saturated carbocycles. The lowest BCUT2D eigenvalue weighted by atomic mass is 9.98. The number of carbonyl (C=O) groups excluding carboxylic acids is 3. The third-order valence-electron chi connectivity index (χ3n) is 5.90. The molecule has 1 fully saturated rings. The third kappa shape index (κ3) is 5.01. The number of aromatic amines is 1. The largest absolute Gasteiger partial charge is 0.465 e. The molecule has 1 aliphatic heterocycles. The van der Waals surface area contributed by atoms with E-state index in [1.165, 1.54) is 18.3 Å². The molecule has 2 aromatic rings. The second-order valence-electron chi connectivity index (χ2n) is 8.05. The summed E-state index contributed by atoms with van der Waals surface area (Å²) in [6.45, 7) is 5.14. The second-order valence-corrected chi connectivity index (χ2v) is 9.99. The van der Waals surface area contributed by atoms with Crippen molar-refractivity contribution in [1.29, 1.82) is 0 Å². The summed E-state index contributed by atoms with van der Waals surface area (Å²) in [5, 5.41) is 0.